The predicted molar refractivity (Wildman–Crippen MR) is 28.9 cm³/mol. The van der Waals surface area contributed by atoms with Crippen LogP contribution in [0.4, 0.5) is 0 Å². The van der Waals surface area contributed by atoms with E-state index in [2.05, 4.69) is 14.7 Å². The van der Waals surface area contributed by atoms with E-state index in [4.69, 9.17) is 0 Å². The number of aromatic nitrogens is 2. The summed E-state index contributed by atoms with van der Waals surface area (Å²) in [4.78, 5) is 14.2. The molecular formula is C5H6N2O2. The maximum Gasteiger partial charge on any atom is 0.238 e. The van der Waals surface area contributed by atoms with E-state index in [1.807, 2.05) is 0 Å². The summed E-state index contributed by atoms with van der Waals surface area (Å²) in [6, 6.07) is 0. The summed E-state index contributed by atoms with van der Waals surface area (Å²) in [6.07, 6.45) is 1.56. The molecule has 0 N–H and O–H groups in total. The van der Waals surface area contributed by atoms with Gasteiger partial charge >= 0.3 is 0 Å². The zero-order chi connectivity index (χ0) is 6.69. The molecule has 0 aromatic carbocycles. The minimum absolute atomic E-state index is 0.0937. The van der Waals surface area contributed by atoms with E-state index in [0.29, 0.717) is 6.42 Å². The molecule has 0 saturated heterocycles. The van der Waals surface area contributed by atoms with Crippen LogP contribution < -0.4 is 0 Å². The fraction of sp³-hybridized carbons (Fsp3) is 0.400. The number of nitrogens with zero attached hydrogens (tertiary/aromatic N) is 2. The van der Waals surface area contributed by atoms with Gasteiger partial charge in [0.2, 0.25) is 18.0 Å². The highest BCUT2D eigenvalue weighted by molar-refractivity contribution is 5.91. The zero-order valence-electron chi connectivity index (χ0n) is 5.00. The molecular weight excluding hydrogens is 120 g/mol. The van der Waals surface area contributed by atoms with Gasteiger partial charge in [-0.2, -0.15) is 4.98 Å². The van der Waals surface area contributed by atoms with Crippen LogP contribution in [0.3, 0.4) is 0 Å². The molecule has 1 aromatic rings. The van der Waals surface area contributed by atoms with E-state index in [-0.39, 0.29) is 11.6 Å². The van der Waals surface area contributed by atoms with Crippen LogP contribution in [-0.4, -0.2) is 15.9 Å². The number of Topliss-reactive ketones (excluding diaryl/α,β-unsaturated/α-hetero) is 1. The summed E-state index contributed by atoms with van der Waals surface area (Å²) in [5, 5.41) is 3.35. The van der Waals surface area contributed by atoms with Crippen LogP contribution in [0.5, 0.6) is 0 Å². The van der Waals surface area contributed by atoms with Gasteiger partial charge in [-0.1, -0.05) is 12.1 Å². The van der Waals surface area contributed by atoms with Crippen LogP contribution in [0.25, 0.3) is 0 Å². The van der Waals surface area contributed by atoms with Gasteiger partial charge < -0.3 is 4.52 Å². The van der Waals surface area contributed by atoms with Crippen LogP contribution in [0.2, 0.25) is 0 Å². The quantitative estimate of drug-likeness (QED) is 0.546. The second-order valence-corrected chi connectivity index (χ2v) is 1.53. The fourth-order valence-electron chi connectivity index (χ4n) is 0.452. The van der Waals surface area contributed by atoms with E-state index < -0.39 is 0 Å². The highest BCUT2D eigenvalue weighted by Gasteiger charge is 2.05. The molecule has 0 aliphatic heterocycles. The Labute approximate surface area is 51.9 Å². The second kappa shape index (κ2) is 2.39. The van der Waals surface area contributed by atoms with E-state index in [1.54, 1.807) is 6.92 Å². The van der Waals surface area contributed by atoms with Crippen molar-refractivity contribution in [3.63, 3.8) is 0 Å². The molecule has 0 spiro atoms. The van der Waals surface area contributed by atoms with E-state index in [0.717, 1.165) is 6.39 Å². The molecule has 0 bridgehead atoms. The van der Waals surface area contributed by atoms with Gasteiger partial charge in [-0.15, -0.1) is 0 Å². The Balaban J connectivity index is 2.77. The number of hydrogen-bond donors (Lipinski definition) is 0. The molecule has 1 heterocycles. The minimum atomic E-state index is -0.0937. The molecule has 9 heavy (non-hydrogen) atoms. The van der Waals surface area contributed by atoms with Crippen LogP contribution in [0.15, 0.2) is 10.9 Å². The maximum atomic E-state index is 10.7. The van der Waals surface area contributed by atoms with Crippen LogP contribution in [0, 0.1) is 0 Å². The summed E-state index contributed by atoms with van der Waals surface area (Å²) in [7, 11) is 0. The monoisotopic (exact) mass is 126 g/mol. The first-order valence-electron chi connectivity index (χ1n) is 2.64. The first kappa shape index (κ1) is 5.94. The molecule has 1 aromatic heterocycles. The number of hydrogen-bond acceptors (Lipinski definition) is 4. The van der Waals surface area contributed by atoms with Gasteiger partial charge in [0.25, 0.3) is 0 Å². The van der Waals surface area contributed by atoms with Crippen molar-refractivity contribution >= 4 is 5.78 Å². The SMILES string of the molecule is CCC(=O)c1ncon1. The highest BCUT2D eigenvalue weighted by Crippen LogP contribution is 1.92. The van der Waals surface area contributed by atoms with Crippen molar-refractivity contribution in [3.05, 3.63) is 12.2 Å². The Morgan fingerprint density at radius 1 is 1.89 bits per heavy atom. The van der Waals surface area contributed by atoms with Crippen LogP contribution in [-0.2, 0) is 0 Å². The van der Waals surface area contributed by atoms with Gasteiger partial charge in [0.05, 0.1) is 0 Å². The fourth-order valence-corrected chi connectivity index (χ4v) is 0.452. The number of rotatable bonds is 2. The van der Waals surface area contributed by atoms with E-state index >= 15 is 0 Å². The third-order valence-corrected chi connectivity index (χ3v) is 0.932. The van der Waals surface area contributed by atoms with Crippen molar-refractivity contribution in [1.29, 1.82) is 0 Å². The lowest BCUT2D eigenvalue weighted by atomic mass is 10.3. The molecule has 0 atom stereocenters. The van der Waals surface area contributed by atoms with Crippen molar-refractivity contribution in [1.82, 2.24) is 10.1 Å². The molecule has 4 nitrogen and oxygen atoms in total. The Kier molecular flexibility index (Phi) is 1.58. The Hall–Kier alpha value is -1.19. The average Bonchev–Trinajstić information content (AvgIpc) is 2.37. The second-order valence-electron chi connectivity index (χ2n) is 1.53. The molecule has 4 heteroatoms. The Morgan fingerprint density at radius 2 is 2.67 bits per heavy atom. The van der Waals surface area contributed by atoms with Crippen molar-refractivity contribution in [2.75, 3.05) is 0 Å². The smallest absolute Gasteiger partial charge is 0.238 e. The summed E-state index contributed by atoms with van der Waals surface area (Å²) in [6.45, 7) is 1.75. The van der Waals surface area contributed by atoms with Crippen molar-refractivity contribution in [3.8, 4) is 0 Å². The molecule has 0 aliphatic rings. The molecule has 1 rings (SSSR count). The lowest BCUT2D eigenvalue weighted by molar-refractivity contribution is 0.0975. The summed E-state index contributed by atoms with van der Waals surface area (Å²) in [5.41, 5.74) is 0. The molecule has 48 valence electrons. The lowest BCUT2D eigenvalue weighted by Crippen LogP contribution is -1.97. The number of carbonyl (C=O) groups excluding carboxylic acids is 1. The molecule has 0 amide bonds. The van der Waals surface area contributed by atoms with E-state index in [1.165, 1.54) is 0 Å². The summed E-state index contributed by atoms with van der Waals surface area (Å²) < 4.78 is 4.36. The highest BCUT2D eigenvalue weighted by atomic mass is 16.5. The van der Waals surface area contributed by atoms with Crippen LogP contribution >= 0.6 is 0 Å². The largest absolute Gasteiger partial charge is 0.342 e. The Bertz CT molecular complexity index is 193. The van der Waals surface area contributed by atoms with Crippen LogP contribution in [0.1, 0.15) is 24.0 Å². The number of ketones is 1. The van der Waals surface area contributed by atoms with E-state index in [9.17, 15) is 4.79 Å². The third-order valence-electron chi connectivity index (χ3n) is 0.932. The third kappa shape index (κ3) is 1.13. The standard InChI is InChI=1S/C5H6N2O2/c1-2-4(8)5-6-3-9-7-5/h3H,2H2,1H3. The molecule has 0 saturated carbocycles. The molecule has 0 unspecified atom stereocenters. The normalized spacial score (nSPS) is 9.44. The topological polar surface area (TPSA) is 56.0 Å². The lowest BCUT2D eigenvalue weighted by Gasteiger charge is -1.81. The van der Waals surface area contributed by atoms with Gasteiger partial charge in [0.1, 0.15) is 0 Å². The molecule has 0 radical (unpaired) electrons. The first-order valence-corrected chi connectivity index (χ1v) is 2.64. The zero-order valence-corrected chi connectivity index (χ0v) is 5.00. The van der Waals surface area contributed by atoms with Gasteiger partial charge in [-0.3, -0.25) is 4.79 Å². The van der Waals surface area contributed by atoms with Gasteiger partial charge in [0.15, 0.2) is 0 Å². The van der Waals surface area contributed by atoms with Gasteiger partial charge in [-0.05, 0) is 0 Å². The Morgan fingerprint density at radius 3 is 3.11 bits per heavy atom. The number of carbonyl (C=O) groups is 1. The van der Waals surface area contributed by atoms with Gasteiger partial charge in [-0.25, -0.2) is 0 Å². The summed E-state index contributed by atoms with van der Waals surface area (Å²) >= 11 is 0. The average molecular weight is 126 g/mol. The summed E-state index contributed by atoms with van der Waals surface area (Å²) in [5.74, 6) is 0.0706. The van der Waals surface area contributed by atoms with Crippen molar-refractivity contribution in [2.24, 2.45) is 0 Å². The first-order chi connectivity index (χ1) is 4.34. The minimum Gasteiger partial charge on any atom is -0.342 e. The van der Waals surface area contributed by atoms with Crippen molar-refractivity contribution < 1.29 is 9.32 Å². The predicted octanol–water partition coefficient (Wildman–Crippen LogP) is 0.662. The van der Waals surface area contributed by atoms with Crippen molar-refractivity contribution in [2.45, 2.75) is 13.3 Å². The maximum absolute atomic E-state index is 10.7. The molecule has 0 aliphatic carbocycles. The molecule has 0 fully saturated rings. The van der Waals surface area contributed by atoms with Gasteiger partial charge in [0, 0.05) is 6.42 Å².